The summed E-state index contributed by atoms with van der Waals surface area (Å²) in [6, 6.07) is 0. The van der Waals surface area contributed by atoms with Crippen molar-refractivity contribution < 1.29 is 19.4 Å². The lowest BCUT2D eigenvalue weighted by Gasteiger charge is -2.18. The molecule has 0 bridgehead atoms. The van der Waals surface area contributed by atoms with Gasteiger partial charge in [-0.25, -0.2) is 0 Å². The first kappa shape index (κ1) is 29.6. The number of amides is 1. The van der Waals surface area contributed by atoms with Gasteiger partial charge in [-0.2, -0.15) is 0 Å². The van der Waals surface area contributed by atoms with Crippen molar-refractivity contribution >= 4 is 11.9 Å². The van der Waals surface area contributed by atoms with E-state index in [0.29, 0.717) is 39.0 Å². The second-order valence-electron chi connectivity index (χ2n) is 5.26. The number of cyclic esters (lactones) is 1. The Bertz CT molecular complexity index is 396. The second-order valence-corrected chi connectivity index (χ2v) is 5.26. The molecule has 0 aromatic heterocycles. The van der Waals surface area contributed by atoms with Gasteiger partial charge in [0.15, 0.2) is 0 Å². The number of esters is 1. The first-order chi connectivity index (χ1) is 12.6. The number of hydrogen-bond donors (Lipinski definition) is 2. The minimum atomic E-state index is -0.0463. The molecule has 156 valence electrons. The third-order valence-corrected chi connectivity index (χ3v) is 2.97. The number of hydrogen-bond acceptors (Lipinski definition) is 5. The molecule has 1 rings (SSSR count). The summed E-state index contributed by atoms with van der Waals surface area (Å²) < 4.78 is 4.51. The van der Waals surface area contributed by atoms with Crippen LogP contribution in [-0.2, 0) is 14.3 Å². The summed E-state index contributed by atoms with van der Waals surface area (Å²) in [6.45, 7) is 17.7. The molecule has 0 radical (unpaired) electrons. The number of aliphatic hydroxyl groups excluding tert-OH is 1. The van der Waals surface area contributed by atoms with Crippen molar-refractivity contribution in [3.8, 4) is 0 Å². The number of carbonyl (C=O) groups is 2. The highest BCUT2D eigenvalue weighted by Crippen LogP contribution is 2.01. The molecule has 27 heavy (non-hydrogen) atoms. The van der Waals surface area contributed by atoms with Crippen LogP contribution in [-0.4, -0.2) is 61.3 Å². The van der Waals surface area contributed by atoms with E-state index in [1.54, 1.807) is 17.1 Å². The van der Waals surface area contributed by atoms with Crippen LogP contribution in [0.4, 0.5) is 0 Å². The lowest BCUT2D eigenvalue weighted by Crippen LogP contribution is -2.31. The van der Waals surface area contributed by atoms with Crippen molar-refractivity contribution in [2.45, 2.75) is 33.1 Å². The highest BCUT2D eigenvalue weighted by atomic mass is 16.5. The number of nitrogens with zero attached hydrogens (tertiary/aromatic N) is 1. The summed E-state index contributed by atoms with van der Waals surface area (Å²) in [5, 5.41) is 11.6. The van der Waals surface area contributed by atoms with Gasteiger partial charge >= 0.3 is 5.97 Å². The Kier molecular flexibility index (Phi) is 26.1. The predicted molar refractivity (Wildman–Crippen MR) is 113 cm³/mol. The monoisotopic (exact) mass is 382 g/mol. The first-order valence-electron chi connectivity index (χ1n) is 8.75. The van der Waals surface area contributed by atoms with Crippen LogP contribution in [0.25, 0.3) is 0 Å². The molecule has 1 amide bonds. The molecular formula is C21H38N2O4. The van der Waals surface area contributed by atoms with E-state index >= 15 is 0 Å². The van der Waals surface area contributed by atoms with Crippen molar-refractivity contribution in [3.05, 3.63) is 50.6 Å². The lowest BCUT2D eigenvalue weighted by atomic mass is 10.3. The highest BCUT2D eigenvalue weighted by molar-refractivity contribution is 5.76. The molecule has 0 unspecified atom stereocenters. The second kappa shape index (κ2) is 23.8. The zero-order chi connectivity index (χ0) is 20.0. The lowest BCUT2D eigenvalue weighted by molar-refractivity contribution is -0.138. The van der Waals surface area contributed by atoms with Gasteiger partial charge < -0.3 is 20.1 Å². The van der Waals surface area contributed by atoms with Crippen LogP contribution in [0.2, 0.25) is 0 Å². The van der Waals surface area contributed by atoms with E-state index in [4.69, 9.17) is 5.11 Å². The van der Waals surface area contributed by atoms with E-state index in [2.05, 4.69) is 36.4 Å². The molecule has 1 saturated heterocycles. The van der Waals surface area contributed by atoms with Gasteiger partial charge in [-0.05, 0) is 12.8 Å². The Labute approximate surface area is 165 Å². The summed E-state index contributed by atoms with van der Waals surface area (Å²) >= 11 is 0. The van der Waals surface area contributed by atoms with Crippen LogP contribution >= 0.6 is 0 Å². The largest absolute Gasteiger partial charge is 0.466 e. The van der Waals surface area contributed by atoms with Crippen LogP contribution in [0.15, 0.2) is 50.6 Å². The van der Waals surface area contributed by atoms with Gasteiger partial charge in [0, 0.05) is 45.6 Å². The average Bonchev–Trinajstić information content (AvgIpc) is 3.12. The zero-order valence-electron chi connectivity index (χ0n) is 15.8. The molecule has 0 saturated carbocycles. The van der Waals surface area contributed by atoms with E-state index in [1.165, 1.54) is 0 Å². The maximum atomic E-state index is 11.4. The molecule has 0 aromatic carbocycles. The third-order valence-electron chi connectivity index (χ3n) is 2.97. The van der Waals surface area contributed by atoms with Gasteiger partial charge in [-0.3, -0.25) is 9.59 Å². The Morgan fingerprint density at radius 3 is 1.96 bits per heavy atom. The first-order valence-corrected chi connectivity index (χ1v) is 8.75. The Morgan fingerprint density at radius 1 is 1.11 bits per heavy atom. The van der Waals surface area contributed by atoms with Gasteiger partial charge in [-0.1, -0.05) is 31.7 Å². The van der Waals surface area contributed by atoms with Crippen LogP contribution in [0.1, 0.15) is 33.1 Å². The van der Waals surface area contributed by atoms with Gasteiger partial charge in [-0.15, -0.1) is 26.3 Å². The summed E-state index contributed by atoms with van der Waals surface area (Å²) in [5.41, 5.74) is 0. The van der Waals surface area contributed by atoms with Gasteiger partial charge in [0.1, 0.15) is 0 Å². The van der Waals surface area contributed by atoms with Crippen LogP contribution < -0.4 is 5.32 Å². The Morgan fingerprint density at radius 2 is 1.67 bits per heavy atom. The molecule has 6 heteroatoms. The van der Waals surface area contributed by atoms with Crippen molar-refractivity contribution in [2.24, 2.45) is 0 Å². The minimum absolute atomic E-state index is 0. The van der Waals surface area contributed by atoms with E-state index in [9.17, 15) is 9.59 Å². The quantitative estimate of drug-likeness (QED) is 0.326. The van der Waals surface area contributed by atoms with E-state index in [0.717, 1.165) is 19.5 Å². The number of ether oxygens (including phenoxy) is 1. The third kappa shape index (κ3) is 21.8. The molecule has 6 nitrogen and oxygen atoms in total. The topological polar surface area (TPSA) is 78.9 Å². The molecule has 0 aromatic rings. The van der Waals surface area contributed by atoms with E-state index in [-0.39, 0.29) is 25.9 Å². The van der Waals surface area contributed by atoms with Crippen molar-refractivity contribution in [2.75, 3.05) is 39.4 Å². The van der Waals surface area contributed by atoms with E-state index < -0.39 is 0 Å². The van der Waals surface area contributed by atoms with E-state index in [1.807, 2.05) is 12.2 Å². The number of nitrogens with one attached hydrogen (secondary N) is 1. The molecule has 2 N–H and O–H groups in total. The fraction of sp³-hybridized carbons (Fsp3) is 0.524. The zero-order valence-corrected chi connectivity index (χ0v) is 15.8. The van der Waals surface area contributed by atoms with Crippen LogP contribution in [0, 0.1) is 0 Å². The number of aliphatic hydroxyl groups is 1. The summed E-state index contributed by atoms with van der Waals surface area (Å²) in [6.07, 6.45) is 9.45. The Balaban J connectivity index is -0.000000346. The van der Waals surface area contributed by atoms with Crippen LogP contribution in [0.5, 0.6) is 0 Å². The normalized spacial score (nSPS) is 11.2. The van der Waals surface area contributed by atoms with Crippen LogP contribution in [0.3, 0.4) is 0 Å². The smallest absolute Gasteiger partial charge is 0.305 e. The van der Waals surface area contributed by atoms with Crippen molar-refractivity contribution in [1.29, 1.82) is 0 Å². The number of carbonyl (C=O) groups excluding carboxylic acids is 2. The predicted octanol–water partition coefficient (Wildman–Crippen LogP) is 2.87. The van der Waals surface area contributed by atoms with Crippen molar-refractivity contribution in [1.82, 2.24) is 10.2 Å². The molecule has 1 aliphatic heterocycles. The fourth-order valence-corrected chi connectivity index (χ4v) is 1.74. The average molecular weight is 383 g/mol. The molecule has 0 atom stereocenters. The molecule has 0 spiro atoms. The summed E-state index contributed by atoms with van der Waals surface area (Å²) in [7, 11) is 0. The Hall–Kier alpha value is -2.18. The van der Waals surface area contributed by atoms with Gasteiger partial charge in [0.2, 0.25) is 5.91 Å². The standard InChI is InChI=1S/C10H17NO2.C6H11N.C4H6O2.CH4/c1-3-7-11(8-4-2)10(13)6-5-9-12;1-3-5-7-6-4-2;5-4-2-1-3-6-4;/h3-4,12H,1-2,5-9H2;3-4,7H,1-2,5-6H2;1-3H2;1H4. The molecule has 1 heterocycles. The maximum absolute atomic E-state index is 11.4. The molecule has 1 fully saturated rings. The minimum Gasteiger partial charge on any atom is -0.466 e. The molecule has 1 aliphatic rings. The van der Waals surface area contributed by atoms with Gasteiger partial charge in [0.05, 0.1) is 6.61 Å². The van der Waals surface area contributed by atoms with Gasteiger partial charge in [0.25, 0.3) is 0 Å². The fourth-order valence-electron chi connectivity index (χ4n) is 1.74. The number of rotatable bonds is 11. The molecular weight excluding hydrogens is 344 g/mol. The van der Waals surface area contributed by atoms with Crippen molar-refractivity contribution in [3.63, 3.8) is 0 Å². The highest BCUT2D eigenvalue weighted by Gasteiger charge is 2.09. The molecule has 0 aliphatic carbocycles. The summed E-state index contributed by atoms with van der Waals surface area (Å²) in [5.74, 6) is -0.0103. The maximum Gasteiger partial charge on any atom is 0.305 e. The summed E-state index contributed by atoms with van der Waals surface area (Å²) in [4.78, 5) is 23.1. The SMILES string of the molecule is C.C=CCN(CC=C)C(=O)CCCO.C=CCNCC=C.O=C1CCCO1.